The van der Waals surface area contributed by atoms with Gasteiger partial charge in [0, 0.05) is 52.5 Å². The predicted molar refractivity (Wildman–Crippen MR) is 115 cm³/mol. The van der Waals surface area contributed by atoms with Crippen LogP contribution in [0.2, 0.25) is 0 Å². The average molecular weight is 530 g/mol. The van der Waals surface area contributed by atoms with Crippen LogP contribution in [0.5, 0.6) is 0 Å². The normalized spacial score (nSPS) is 14.9. The third kappa shape index (κ3) is 7.40. The number of pyridine rings is 1. The zero-order valence-electron chi connectivity index (χ0n) is 16.3. The van der Waals surface area contributed by atoms with E-state index in [9.17, 15) is 18.0 Å². The fraction of sp³-hybridized carbons (Fsp3) is 0.588. The molecular weight excluding hydrogens is 504 g/mol. The highest BCUT2D eigenvalue weighted by Gasteiger charge is 2.34. The Morgan fingerprint density at radius 3 is 2.48 bits per heavy atom. The molecule has 1 aromatic heterocycles. The van der Waals surface area contributed by atoms with Gasteiger partial charge in [-0.3, -0.25) is 4.99 Å². The molecule has 0 bridgehead atoms. The van der Waals surface area contributed by atoms with Gasteiger partial charge < -0.3 is 25.2 Å². The zero-order valence-corrected chi connectivity index (χ0v) is 18.7. The molecular formula is C17H26F3IN6O2. The number of hydrogen-bond acceptors (Lipinski definition) is 5. The third-order valence-electron chi connectivity index (χ3n) is 4.13. The standard InChI is InChI=1S/C17H25F3N6O2.HI/c1-3-28-16(27)26-11-9-25(10-12-26)15(21-2)24-8-7-23-14-13(17(18,19)20)5-4-6-22-14;/h4-6H,3,7-12H2,1-2H3,(H,21,24)(H,22,23);1H. The lowest BCUT2D eigenvalue weighted by molar-refractivity contribution is -0.137. The first kappa shape index (κ1) is 25.0. The first-order valence-electron chi connectivity index (χ1n) is 9.00. The molecule has 0 unspecified atom stereocenters. The molecule has 2 rings (SSSR count). The number of hydrogen-bond donors (Lipinski definition) is 2. The highest BCUT2D eigenvalue weighted by molar-refractivity contribution is 14.0. The topological polar surface area (TPSA) is 82.1 Å². The Bertz CT molecular complexity index is 681. The number of alkyl halides is 3. The van der Waals surface area contributed by atoms with Crippen molar-refractivity contribution in [3.63, 3.8) is 0 Å². The van der Waals surface area contributed by atoms with Crippen LogP contribution >= 0.6 is 24.0 Å². The van der Waals surface area contributed by atoms with Crippen LogP contribution in [0, 0.1) is 0 Å². The van der Waals surface area contributed by atoms with Gasteiger partial charge in [-0.25, -0.2) is 9.78 Å². The van der Waals surface area contributed by atoms with E-state index in [1.54, 1.807) is 18.9 Å². The molecule has 12 heteroatoms. The number of carbonyl (C=O) groups excluding carboxylic acids is 1. The van der Waals surface area contributed by atoms with Gasteiger partial charge in [-0.1, -0.05) is 0 Å². The minimum atomic E-state index is -4.46. The summed E-state index contributed by atoms with van der Waals surface area (Å²) < 4.78 is 43.9. The molecule has 1 aromatic rings. The first-order chi connectivity index (χ1) is 13.4. The summed E-state index contributed by atoms with van der Waals surface area (Å²) in [4.78, 5) is 23.3. The van der Waals surface area contributed by atoms with Crippen LogP contribution in [-0.2, 0) is 10.9 Å². The number of aliphatic imine (C=N–C) groups is 1. The molecule has 0 spiro atoms. The molecule has 0 aromatic carbocycles. The number of piperazine rings is 1. The minimum Gasteiger partial charge on any atom is -0.450 e. The summed E-state index contributed by atoms with van der Waals surface area (Å²) in [5, 5.41) is 5.81. The lowest BCUT2D eigenvalue weighted by atomic mass is 10.2. The second-order valence-corrected chi connectivity index (χ2v) is 5.97. The van der Waals surface area contributed by atoms with Crippen molar-refractivity contribution < 1.29 is 22.7 Å². The molecule has 2 heterocycles. The molecule has 8 nitrogen and oxygen atoms in total. The van der Waals surface area contributed by atoms with E-state index in [2.05, 4.69) is 20.6 Å². The van der Waals surface area contributed by atoms with Gasteiger partial charge in [0.05, 0.1) is 12.2 Å². The number of nitrogens with one attached hydrogen (secondary N) is 2. The van der Waals surface area contributed by atoms with Crippen molar-refractivity contribution in [1.29, 1.82) is 0 Å². The lowest BCUT2D eigenvalue weighted by Crippen LogP contribution is -2.54. The van der Waals surface area contributed by atoms with Gasteiger partial charge in [0.15, 0.2) is 5.96 Å². The quantitative estimate of drug-likeness (QED) is 0.264. The van der Waals surface area contributed by atoms with Gasteiger partial charge in [-0.05, 0) is 19.1 Å². The van der Waals surface area contributed by atoms with E-state index in [4.69, 9.17) is 4.74 Å². The van der Waals surface area contributed by atoms with Crippen molar-refractivity contribution >= 4 is 41.8 Å². The Labute approximate surface area is 184 Å². The summed E-state index contributed by atoms with van der Waals surface area (Å²) in [6.07, 6.45) is -3.48. The van der Waals surface area contributed by atoms with Crippen LogP contribution in [-0.4, -0.2) is 79.8 Å². The zero-order chi connectivity index (χ0) is 20.6. The number of rotatable bonds is 5. The number of nitrogens with zero attached hydrogens (tertiary/aromatic N) is 4. The third-order valence-corrected chi connectivity index (χ3v) is 4.13. The summed E-state index contributed by atoms with van der Waals surface area (Å²) in [7, 11) is 1.63. The fourth-order valence-electron chi connectivity index (χ4n) is 2.78. The van der Waals surface area contributed by atoms with Crippen molar-refractivity contribution in [2.45, 2.75) is 13.1 Å². The SMILES string of the molecule is CCOC(=O)N1CCN(C(=NC)NCCNc2ncccc2C(F)(F)F)CC1.I. The number of aromatic nitrogens is 1. The average Bonchev–Trinajstić information content (AvgIpc) is 2.68. The monoisotopic (exact) mass is 530 g/mol. The maximum absolute atomic E-state index is 13.0. The summed E-state index contributed by atoms with van der Waals surface area (Å²) in [5.41, 5.74) is -0.797. The first-order valence-corrected chi connectivity index (χ1v) is 9.00. The summed E-state index contributed by atoms with van der Waals surface area (Å²) in [6, 6.07) is 2.24. The molecule has 1 saturated heterocycles. The van der Waals surface area contributed by atoms with Crippen LogP contribution in [0.3, 0.4) is 0 Å². The fourth-order valence-corrected chi connectivity index (χ4v) is 2.78. The minimum absolute atomic E-state index is 0. The van der Waals surface area contributed by atoms with Crippen molar-refractivity contribution in [2.24, 2.45) is 4.99 Å². The Morgan fingerprint density at radius 2 is 1.90 bits per heavy atom. The molecule has 164 valence electrons. The van der Waals surface area contributed by atoms with Gasteiger partial charge in [-0.2, -0.15) is 13.2 Å². The molecule has 1 amide bonds. The van der Waals surface area contributed by atoms with Crippen LogP contribution < -0.4 is 10.6 Å². The van der Waals surface area contributed by atoms with E-state index in [-0.39, 0.29) is 42.4 Å². The summed E-state index contributed by atoms with van der Waals surface area (Å²) >= 11 is 0. The molecule has 29 heavy (non-hydrogen) atoms. The van der Waals surface area contributed by atoms with Crippen molar-refractivity contribution in [3.8, 4) is 0 Å². The van der Waals surface area contributed by atoms with Crippen molar-refractivity contribution in [1.82, 2.24) is 20.1 Å². The maximum Gasteiger partial charge on any atom is 0.419 e. The number of carbonyl (C=O) groups is 1. The molecule has 0 saturated carbocycles. The maximum atomic E-state index is 13.0. The predicted octanol–water partition coefficient (Wildman–Crippen LogP) is 2.48. The van der Waals surface area contributed by atoms with Crippen LogP contribution in [0.15, 0.2) is 23.3 Å². The van der Waals surface area contributed by atoms with Gasteiger partial charge >= 0.3 is 12.3 Å². The molecule has 1 aliphatic rings. The van der Waals surface area contributed by atoms with Gasteiger partial charge in [-0.15, -0.1) is 24.0 Å². The Morgan fingerprint density at radius 1 is 1.24 bits per heavy atom. The molecule has 1 aliphatic heterocycles. The molecule has 0 atom stereocenters. The van der Waals surface area contributed by atoms with Gasteiger partial charge in [0.1, 0.15) is 5.82 Å². The second-order valence-electron chi connectivity index (χ2n) is 5.97. The molecule has 1 fully saturated rings. The van der Waals surface area contributed by atoms with E-state index >= 15 is 0 Å². The summed E-state index contributed by atoms with van der Waals surface area (Å²) in [6.45, 7) is 4.90. The number of anilines is 1. The van der Waals surface area contributed by atoms with Crippen molar-refractivity contribution in [2.75, 3.05) is 58.2 Å². The highest BCUT2D eigenvalue weighted by atomic mass is 127. The van der Waals surface area contributed by atoms with E-state index in [0.717, 1.165) is 6.07 Å². The highest BCUT2D eigenvalue weighted by Crippen LogP contribution is 2.33. The van der Waals surface area contributed by atoms with Crippen LogP contribution in [0.4, 0.5) is 23.8 Å². The van der Waals surface area contributed by atoms with Crippen LogP contribution in [0.1, 0.15) is 12.5 Å². The smallest absolute Gasteiger partial charge is 0.419 e. The van der Waals surface area contributed by atoms with E-state index in [1.165, 1.54) is 12.3 Å². The molecule has 0 aliphatic carbocycles. The Hall–Kier alpha value is -1.99. The Kier molecular flexibility index (Phi) is 10.3. The van der Waals surface area contributed by atoms with Gasteiger partial charge in [0.25, 0.3) is 0 Å². The molecule has 2 N–H and O–H groups in total. The Balaban J connectivity index is 0.00000420. The van der Waals surface area contributed by atoms with E-state index < -0.39 is 11.7 Å². The largest absolute Gasteiger partial charge is 0.450 e. The van der Waals surface area contributed by atoms with Crippen LogP contribution in [0.25, 0.3) is 0 Å². The van der Waals surface area contributed by atoms with Crippen molar-refractivity contribution in [3.05, 3.63) is 23.9 Å². The summed E-state index contributed by atoms with van der Waals surface area (Å²) in [5.74, 6) is 0.428. The van der Waals surface area contributed by atoms with Gasteiger partial charge in [0.2, 0.25) is 0 Å². The molecule has 0 radical (unpaired) electrons. The number of ether oxygens (including phenoxy) is 1. The number of halogens is 4. The second kappa shape index (κ2) is 11.9. The lowest BCUT2D eigenvalue weighted by Gasteiger charge is -2.35. The number of guanidine groups is 1. The van der Waals surface area contributed by atoms with E-state index in [0.29, 0.717) is 45.3 Å². The van der Waals surface area contributed by atoms with E-state index in [1.807, 2.05) is 4.90 Å². The number of amides is 1.